The van der Waals surface area contributed by atoms with Gasteiger partial charge in [0.1, 0.15) is 0 Å². The van der Waals surface area contributed by atoms with Gasteiger partial charge in [0.15, 0.2) is 0 Å². The molecule has 5 nitrogen and oxygen atoms in total. The number of hydrogen-bond acceptors (Lipinski definition) is 5. The predicted molar refractivity (Wildman–Crippen MR) is 72.1 cm³/mol. The van der Waals surface area contributed by atoms with Crippen molar-refractivity contribution >= 4 is 28.6 Å². The van der Waals surface area contributed by atoms with Crippen molar-refractivity contribution in [2.75, 3.05) is 5.73 Å². The summed E-state index contributed by atoms with van der Waals surface area (Å²) in [5, 5.41) is 8.41. The fraction of sp³-hybridized carbons (Fsp3) is 0.0833. The van der Waals surface area contributed by atoms with Crippen molar-refractivity contribution in [2.45, 2.75) is 10.9 Å². The first-order valence-corrected chi connectivity index (χ1v) is 6.45. The predicted octanol–water partition coefficient (Wildman–Crippen LogP) is 2.23. The van der Waals surface area contributed by atoms with E-state index >= 15 is 0 Å². The third-order valence-corrected chi connectivity index (χ3v) is 3.45. The van der Waals surface area contributed by atoms with Crippen molar-refractivity contribution in [3.05, 3.63) is 42.1 Å². The summed E-state index contributed by atoms with van der Waals surface area (Å²) in [7, 11) is 0. The van der Waals surface area contributed by atoms with E-state index < -0.39 is 0 Å². The first kappa shape index (κ1) is 11.0. The molecule has 0 saturated heterocycles. The van der Waals surface area contributed by atoms with Gasteiger partial charge in [-0.1, -0.05) is 36.0 Å². The normalized spacial score (nSPS) is 10.9. The molecule has 2 heterocycles. The molecule has 6 heteroatoms. The van der Waals surface area contributed by atoms with E-state index in [0.29, 0.717) is 11.1 Å². The summed E-state index contributed by atoms with van der Waals surface area (Å²) in [6, 6.07) is 10.2. The molecule has 18 heavy (non-hydrogen) atoms. The van der Waals surface area contributed by atoms with E-state index in [1.807, 2.05) is 12.1 Å². The van der Waals surface area contributed by atoms with Crippen LogP contribution in [0.2, 0.25) is 0 Å². The van der Waals surface area contributed by atoms with Crippen LogP contribution in [-0.4, -0.2) is 20.2 Å². The number of rotatable bonds is 3. The first-order valence-electron chi connectivity index (χ1n) is 5.46. The van der Waals surface area contributed by atoms with Crippen molar-refractivity contribution < 1.29 is 0 Å². The number of thioether (sulfide) groups is 1. The lowest BCUT2D eigenvalue weighted by atomic mass is 10.1. The molecular weight excluding hydrogens is 246 g/mol. The Bertz CT molecular complexity index is 674. The molecule has 3 rings (SSSR count). The standard InChI is InChI=1S/C12H11N5S/c13-11-15-12(17-16-11)18-7-9-4-1-3-8-5-2-6-14-10(8)9/h1-6H,7H2,(H3,13,15,16,17). The minimum atomic E-state index is 0.341. The Labute approximate surface area is 108 Å². The van der Waals surface area contributed by atoms with Crippen LogP contribution in [0, 0.1) is 0 Å². The van der Waals surface area contributed by atoms with Crippen molar-refractivity contribution in [3.63, 3.8) is 0 Å². The van der Waals surface area contributed by atoms with Crippen LogP contribution in [0.3, 0.4) is 0 Å². The zero-order valence-electron chi connectivity index (χ0n) is 9.50. The lowest BCUT2D eigenvalue weighted by molar-refractivity contribution is 0.973. The van der Waals surface area contributed by atoms with E-state index in [-0.39, 0.29) is 0 Å². The van der Waals surface area contributed by atoms with E-state index in [2.05, 4.69) is 38.4 Å². The molecule has 0 atom stereocenters. The number of H-pyrrole nitrogens is 1. The fourth-order valence-corrected chi connectivity index (χ4v) is 2.54. The highest BCUT2D eigenvalue weighted by molar-refractivity contribution is 7.98. The molecule has 0 amide bonds. The Morgan fingerprint density at radius 2 is 2.11 bits per heavy atom. The molecule has 0 bridgehead atoms. The largest absolute Gasteiger partial charge is 0.368 e. The number of pyridine rings is 1. The molecule has 0 aliphatic carbocycles. The number of aromatic nitrogens is 4. The van der Waals surface area contributed by atoms with Crippen LogP contribution >= 0.6 is 11.8 Å². The first-order chi connectivity index (χ1) is 8.83. The summed E-state index contributed by atoms with van der Waals surface area (Å²) in [6.07, 6.45) is 1.81. The topological polar surface area (TPSA) is 80.5 Å². The Morgan fingerprint density at radius 1 is 1.22 bits per heavy atom. The molecule has 0 unspecified atom stereocenters. The second kappa shape index (κ2) is 4.66. The molecule has 90 valence electrons. The fourth-order valence-electron chi connectivity index (χ4n) is 1.75. The van der Waals surface area contributed by atoms with Crippen LogP contribution in [0.4, 0.5) is 5.95 Å². The highest BCUT2D eigenvalue weighted by Gasteiger charge is 2.05. The molecule has 1 aromatic carbocycles. The smallest absolute Gasteiger partial charge is 0.216 e. The number of aromatic amines is 1. The van der Waals surface area contributed by atoms with Gasteiger partial charge < -0.3 is 5.73 Å². The second-order valence-corrected chi connectivity index (χ2v) is 4.73. The lowest BCUT2D eigenvalue weighted by Crippen LogP contribution is -1.88. The number of fused-ring (bicyclic) bond motifs is 1. The molecule has 2 aromatic heterocycles. The maximum Gasteiger partial charge on any atom is 0.216 e. The van der Waals surface area contributed by atoms with Gasteiger partial charge in [0.05, 0.1) is 5.52 Å². The molecule has 0 aliphatic rings. The summed E-state index contributed by atoms with van der Waals surface area (Å²) in [6.45, 7) is 0. The van der Waals surface area contributed by atoms with Gasteiger partial charge in [-0.2, -0.15) is 4.98 Å². The molecule has 0 radical (unpaired) electrons. The van der Waals surface area contributed by atoms with Gasteiger partial charge in [-0.05, 0) is 11.6 Å². The van der Waals surface area contributed by atoms with Crippen LogP contribution in [0.25, 0.3) is 10.9 Å². The number of para-hydroxylation sites is 1. The molecular formula is C12H11N5S. The molecule has 0 fully saturated rings. The van der Waals surface area contributed by atoms with Crippen LogP contribution < -0.4 is 5.73 Å². The van der Waals surface area contributed by atoms with Crippen molar-refractivity contribution in [1.29, 1.82) is 0 Å². The quantitative estimate of drug-likeness (QED) is 0.703. The van der Waals surface area contributed by atoms with Gasteiger partial charge in [-0.25, -0.2) is 5.10 Å². The molecule has 0 saturated carbocycles. The summed E-state index contributed by atoms with van der Waals surface area (Å²) in [5.41, 5.74) is 7.68. The Morgan fingerprint density at radius 3 is 2.94 bits per heavy atom. The van der Waals surface area contributed by atoms with Crippen LogP contribution in [0.5, 0.6) is 0 Å². The third-order valence-electron chi connectivity index (χ3n) is 2.56. The Hall–Kier alpha value is -2.08. The van der Waals surface area contributed by atoms with E-state index in [9.17, 15) is 0 Å². The van der Waals surface area contributed by atoms with E-state index in [1.165, 1.54) is 17.3 Å². The van der Waals surface area contributed by atoms with E-state index in [4.69, 9.17) is 5.73 Å². The van der Waals surface area contributed by atoms with Gasteiger partial charge >= 0.3 is 0 Å². The summed E-state index contributed by atoms with van der Waals surface area (Å²) in [5.74, 6) is 1.11. The van der Waals surface area contributed by atoms with E-state index in [0.717, 1.165) is 16.7 Å². The summed E-state index contributed by atoms with van der Waals surface area (Å²) in [4.78, 5) is 8.47. The highest BCUT2D eigenvalue weighted by Crippen LogP contribution is 2.24. The lowest BCUT2D eigenvalue weighted by Gasteiger charge is -2.03. The summed E-state index contributed by atoms with van der Waals surface area (Å²) >= 11 is 1.54. The van der Waals surface area contributed by atoms with Crippen molar-refractivity contribution in [1.82, 2.24) is 20.2 Å². The van der Waals surface area contributed by atoms with Crippen LogP contribution in [0.1, 0.15) is 5.56 Å². The molecule has 3 N–H and O–H groups in total. The molecule has 0 aliphatic heterocycles. The van der Waals surface area contributed by atoms with Crippen molar-refractivity contribution in [3.8, 4) is 0 Å². The summed E-state index contributed by atoms with van der Waals surface area (Å²) < 4.78 is 0. The number of benzene rings is 1. The number of nitrogens with zero attached hydrogens (tertiary/aromatic N) is 3. The zero-order valence-corrected chi connectivity index (χ0v) is 10.3. The maximum atomic E-state index is 5.48. The third kappa shape index (κ3) is 2.14. The van der Waals surface area contributed by atoms with Gasteiger partial charge in [0.25, 0.3) is 0 Å². The second-order valence-electron chi connectivity index (χ2n) is 3.78. The number of anilines is 1. The Balaban J connectivity index is 1.86. The molecule has 3 aromatic rings. The monoisotopic (exact) mass is 257 g/mol. The Kier molecular flexibility index (Phi) is 2.85. The van der Waals surface area contributed by atoms with Crippen molar-refractivity contribution in [2.24, 2.45) is 0 Å². The number of nitrogen functional groups attached to an aromatic ring is 1. The van der Waals surface area contributed by atoms with Crippen LogP contribution in [-0.2, 0) is 5.75 Å². The molecule has 0 spiro atoms. The number of hydrogen-bond donors (Lipinski definition) is 2. The van der Waals surface area contributed by atoms with Gasteiger partial charge in [0, 0.05) is 17.3 Å². The highest BCUT2D eigenvalue weighted by atomic mass is 32.2. The van der Waals surface area contributed by atoms with Crippen LogP contribution in [0.15, 0.2) is 41.7 Å². The average molecular weight is 257 g/mol. The SMILES string of the molecule is Nc1nc(SCc2cccc3cccnc23)n[nH]1. The minimum absolute atomic E-state index is 0.341. The average Bonchev–Trinajstić information content (AvgIpc) is 2.82. The maximum absolute atomic E-state index is 5.48. The van der Waals surface area contributed by atoms with Gasteiger partial charge in [0.2, 0.25) is 11.1 Å². The number of nitrogens with one attached hydrogen (secondary N) is 1. The zero-order chi connectivity index (χ0) is 12.4. The van der Waals surface area contributed by atoms with Gasteiger partial charge in [-0.15, -0.1) is 5.10 Å². The minimum Gasteiger partial charge on any atom is -0.368 e. The number of nitrogens with two attached hydrogens (primary N) is 1. The van der Waals surface area contributed by atoms with E-state index in [1.54, 1.807) is 6.20 Å². The van der Waals surface area contributed by atoms with Gasteiger partial charge in [-0.3, -0.25) is 4.98 Å².